The van der Waals surface area contributed by atoms with Crippen LogP contribution in [0.2, 0.25) is 0 Å². The van der Waals surface area contributed by atoms with Crippen molar-refractivity contribution in [3.8, 4) is 0 Å². The molecule has 0 aliphatic carbocycles. The van der Waals surface area contributed by atoms with Crippen LogP contribution in [0.4, 0.5) is 5.69 Å². The van der Waals surface area contributed by atoms with Gasteiger partial charge in [0.1, 0.15) is 0 Å². The van der Waals surface area contributed by atoms with Crippen molar-refractivity contribution in [1.29, 1.82) is 0 Å². The van der Waals surface area contributed by atoms with Gasteiger partial charge >= 0.3 is 0 Å². The zero-order valence-electron chi connectivity index (χ0n) is 13.6. The van der Waals surface area contributed by atoms with Crippen LogP contribution in [0.5, 0.6) is 0 Å². The fourth-order valence-corrected chi connectivity index (χ4v) is 4.56. The van der Waals surface area contributed by atoms with Crippen LogP contribution < -0.4 is 10.9 Å². The number of hydrogen-bond donors (Lipinski definition) is 1. The van der Waals surface area contributed by atoms with E-state index in [1.54, 1.807) is 16.3 Å². The highest BCUT2D eigenvalue weighted by Crippen LogP contribution is 2.34. The molecule has 3 rings (SSSR count). The molecular formula is C17H19N3O2S2. The number of fused-ring (bicyclic) bond motifs is 1. The lowest BCUT2D eigenvalue weighted by Crippen LogP contribution is -2.25. The fourth-order valence-electron chi connectivity index (χ4n) is 2.57. The smallest absolute Gasteiger partial charge is 0.268 e. The second-order valence-electron chi connectivity index (χ2n) is 5.56. The number of para-hydroxylation sites is 1. The Morgan fingerprint density at radius 3 is 2.88 bits per heavy atom. The van der Waals surface area contributed by atoms with E-state index in [1.807, 2.05) is 37.3 Å². The average molecular weight is 361 g/mol. The monoisotopic (exact) mass is 361 g/mol. The van der Waals surface area contributed by atoms with Gasteiger partial charge in [0, 0.05) is 23.9 Å². The van der Waals surface area contributed by atoms with Crippen LogP contribution in [0.1, 0.15) is 19.5 Å². The summed E-state index contributed by atoms with van der Waals surface area (Å²) in [6.07, 6.45) is 0.809. The summed E-state index contributed by atoms with van der Waals surface area (Å²) in [7, 11) is 0. The molecule has 1 aromatic carbocycles. The van der Waals surface area contributed by atoms with E-state index in [0.29, 0.717) is 17.0 Å². The van der Waals surface area contributed by atoms with E-state index in [0.717, 1.165) is 22.7 Å². The third kappa shape index (κ3) is 3.67. The van der Waals surface area contributed by atoms with Crippen LogP contribution >= 0.6 is 23.5 Å². The molecule has 0 spiro atoms. The molecule has 0 saturated carbocycles. The number of hydrogen-bond acceptors (Lipinski definition) is 5. The molecule has 1 aliphatic heterocycles. The van der Waals surface area contributed by atoms with Crippen LogP contribution in [0, 0.1) is 0 Å². The number of aromatic nitrogens is 2. The minimum Gasteiger partial charge on any atom is -0.325 e. The maximum atomic E-state index is 12.6. The molecule has 1 aliphatic rings. The number of rotatable bonds is 5. The van der Waals surface area contributed by atoms with Crippen LogP contribution in [0.25, 0.3) is 0 Å². The first-order valence-corrected chi connectivity index (χ1v) is 9.73. The molecule has 0 bridgehead atoms. The average Bonchev–Trinajstić information content (AvgIpc) is 2.95. The predicted octanol–water partition coefficient (Wildman–Crippen LogP) is 3.03. The molecule has 1 N–H and O–H groups in total. The van der Waals surface area contributed by atoms with Gasteiger partial charge in [-0.15, -0.1) is 11.8 Å². The van der Waals surface area contributed by atoms with Crippen LogP contribution in [-0.4, -0.2) is 26.5 Å². The molecule has 7 heteroatoms. The minimum atomic E-state index is -0.105. The third-order valence-electron chi connectivity index (χ3n) is 3.67. The number of thioether (sulfide) groups is 2. The number of amides is 1. The second kappa shape index (κ2) is 7.44. The normalized spacial score (nSPS) is 16.0. The van der Waals surface area contributed by atoms with Gasteiger partial charge in [-0.3, -0.25) is 14.2 Å². The molecular weight excluding hydrogens is 342 g/mol. The molecule has 126 valence electrons. The van der Waals surface area contributed by atoms with Crippen molar-refractivity contribution in [2.24, 2.45) is 0 Å². The number of carbonyl (C=O) groups is 1. The minimum absolute atomic E-state index is 0.0165. The lowest BCUT2D eigenvalue weighted by molar-refractivity contribution is -0.113. The second-order valence-corrected chi connectivity index (χ2v) is 7.95. The van der Waals surface area contributed by atoms with E-state index in [2.05, 4.69) is 17.2 Å². The van der Waals surface area contributed by atoms with Gasteiger partial charge in [0.2, 0.25) is 5.91 Å². The van der Waals surface area contributed by atoms with Gasteiger partial charge in [-0.25, -0.2) is 4.98 Å². The van der Waals surface area contributed by atoms with Crippen molar-refractivity contribution in [3.05, 3.63) is 46.4 Å². The van der Waals surface area contributed by atoms with Crippen molar-refractivity contribution in [3.63, 3.8) is 0 Å². The third-order valence-corrected chi connectivity index (χ3v) is 5.86. The molecule has 0 fully saturated rings. The molecule has 2 heterocycles. The van der Waals surface area contributed by atoms with Crippen molar-refractivity contribution < 1.29 is 4.79 Å². The van der Waals surface area contributed by atoms with Gasteiger partial charge in [0.05, 0.1) is 16.3 Å². The quantitative estimate of drug-likeness (QED) is 0.655. The molecule has 1 amide bonds. The zero-order valence-corrected chi connectivity index (χ0v) is 15.2. The van der Waals surface area contributed by atoms with Crippen molar-refractivity contribution >= 4 is 35.1 Å². The van der Waals surface area contributed by atoms with Crippen molar-refractivity contribution in [2.45, 2.75) is 42.1 Å². The van der Waals surface area contributed by atoms with E-state index >= 15 is 0 Å². The summed E-state index contributed by atoms with van der Waals surface area (Å²) >= 11 is 2.91. The first kappa shape index (κ1) is 17.1. The van der Waals surface area contributed by atoms with E-state index in [-0.39, 0.29) is 17.2 Å². The molecule has 5 nitrogen and oxygen atoms in total. The Labute approximate surface area is 149 Å². The SMILES string of the molecule is CCn1c(SCC(=O)Nc2ccccc2)nc2c(c1=O)S[C@H](C)C2. The van der Waals surface area contributed by atoms with Crippen LogP contribution in [0.3, 0.4) is 0 Å². The summed E-state index contributed by atoms with van der Waals surface area (Å²) in [5.74, 6) is 0.120. The molecule has 1 atom stereocenters. The predicted molar refractivity (Wildman–Crippen MR) is 99.0 cm³/mol. The molecule has 0 saturated heterocycles. The first-order valence-electron chi connectivity index (χ1n) is 7.86. The van der Waals surface area contributed by atoms with Gasteiger partial charge in [-0.1, -0.05) is 36.9 Å². The van der Waals surface area contributed by atoms with Crippen molar-refractivity contribution in [1.82, 2.24) is 9.55 Å². The Hall–Kier alpha value is -1.73. The lowest BCUT2D eigenvalue weighted by Gasteiger charge is -2.11. The standard InChI is InChI=1S/C17H19N3O2S2/c1-3-20-16(22)15-13(9-11(2)24-15)19-17(20)23-10-14(21)18-12-7-5-4-6-8-12/h4-8,11H,3,9-10H2,1-2H3,(H,18,21)/t11-/m1/s1. The summed E-state index contributed by atoms with van der Waals surface area (Å²) in [6.45, 7) is 4.57. The van der Waals surface area contributed by atoms with Gasteiger partial charge in [-0.05, 0) is 19.1 Å². The number of carbonyl (C=O) groups excluding carboxylic acids is 1. The number of benzene rings is 1. The molecule has 0 unspecified atom stereocenters. The zero-order chi connectivity index (χ0) is 17.1. The lowest BCUT2D eigenvalue weighted by atomic mass is 10.2. The summed E-state index contributed by atoms with van der Waals surface area (Å²) in [5, 5.41) is 3.85. The largest absolute Gasteiger partial charge is 0.325 e. The maximum Gasteiger partial charge on any atom is 0.268 e. The Bertz CT molecular complexity index is 805. The molecule has 2 aromatic rings. The Morgan fingerprint density at radius 1 is 1.42 bits per heavy atom. The first-order chi connectivity index (χ1) is 11.6. The highest BCUT2D eigenvalue weighted by Gasteiger charge is 2.26. The maximum absolute atomic E-state index is 12.6. The van der Waals surface area contributed by atoms with Crippen LogP contribution in [-0.2, 0) is 17.8 Å². The Kier molecular flexibility index (Phi) is 5.30. The van der Waals surface area contributed by atoms with E-state index in [1.165, 1.54) is 11.8 Å². The topological polar surface area (TPSA) is 64.0 Å². The summed E-state index contributed by atoms with van der Waals surface area (Å²) in [4.78, 5) is 30.1. The molecule has 0 radical (unpaired) electrons. The van der Waals surface area contributed by atoms with Crippen LogP contribution in [0.15, 0.2) is 45.2 Å². The van der Waals surface area contributed by atoms with E-state index in [9.17, 15) is 9.59 Å². The fraction of sp³-hybridized carbons (Fsp3) is 0.353. The highest BCUT2D eigenvalue weighted by atomic mass is 32.2. The molecule has 24 heavy (non-hydrogen) atoms. The Balaban J connectivity index is 1.73. The number of nitrogens with zero attached hydrogens (tertiary/aromatic N) is 2. The highest BCUT2D eigenvalue weighted by molar-refractivity contribution is 8.00. The summed E-state index contributed by atoms with van der Waals surface area (Å²) < 4.78 is 1.66. The van der Waals surface area contributed by atoms with E-state index < -0.39 is 0 Å². The van der Waals surface area contributed by atoms with Gasteiger partial charge in [0.25, 0.3) is 5.56 Å². The summed E-state index contributed by atoms with van der Waals surface area (Å²) in [6, 6.07) is 9.34. The van der Waals surface area contributed by atoms with Gasteiger partial charge < -0.3 is 5.32 Å². The Morgan fingerprint density at radius 2 is 2.17 bits per heavy atom. The summed E-state index contributed by atoms with van der Waals surface area (Å²) in [5.41, 5.74) is 1.65. The van der Waals surface area contributed by atoms with Gasteiger partial charge in [-0.2, -0.15) is 0 Å². The number of anilines is 1. The molecule has 1 aromatic heterocycles. The number of nitrogens with one attached hydrogen (secondary N) is 1. The van der Waals surface area contributed by atoms with E-state index in [4.69, 9.17) is 0 Å². The van der Waals surface area contributed by atoms with Crippen molar-refractivity contribution in [2.75, 3.05) is 11.1 Å². The van der Waals surface area contributed by atoms with Gasteiger partial charge in [0.15, 0.2) is 5.16 Å².